The van der Waals surface area contributed by atoms with Gasteiger partial charge in [0.05, 0.1) is 5.69 Å². The molecule has 2 aromatic heterocycles. The molecule has 0 N–H and O–H groups in total. The van der Waals surface area contributed by atoms with Gasteiger partial charge in [-0.05, 0) is 12.8 Å². The summed E-state index contributed by atoms with van der Waals surface area (Å²) in [4.78, 5) is 16.5. The molecule has 0 amide bonds. The van der Waals surface area contributed by atoms with E-state index in [2.05, 4.69) is 30.9 Å². The maximum absolute atomic E-state index is 11.1. The second kappa shape index (κ2) is 4.33. The van der Waals surface area contributed by atoms with Crippen LogP contribution < -0.4 is 0 Å². The predicted molar refractivity (Wildman–Crippen MR) is 64.3 cm³/mol. The first kappa shape index (κ1) is 11.3. The Morgan fingerprint density at radius 1 is 1.50 bits per heavy atom. The summed E-state index contributed by atoms with van der Waals surface area (Å²) in [5, 5.41) is 5.40. The Balaban J connectivity index is 2.60. The zero-order valence-electron chi connectivity index (χ0n) is 9.73. The highest BCUT2D eigenvalue weighted by atomic mass is 32.1. The van der Waals surface area contributed by atoms with Crippen molar-refractivity contribution in [1.82, 2.24) is 14.6 Å². The minimum Gasteiger partial charge on any atom is -0.296 e. The minimum atomic E-state index is 0.305. The van der Waals surface area contributed by atoms with Gasteiger partial charge < -0.3 is 0 Å². The molecular weight excluding hydrogens is 222 g/mol. The Morgan fingerprint density at radius 3 is 2.81 bits per heavy atom. The molecule has 0 aliphatic rings. The smallest absolute Gasteiger partial charge is 0.213 e. The van der Waals surface area contributed by atoms with Crippen LogP contribution in [-0.2, 0) is 6.42 Å². The van der Waals surface area contributed by atoms with E-state index in [1.54, 1.807) is 15.9 Å². The largest absolute Gasteiger partial charge is 0.296 e. The van der Waals surface area contributed by atoms with Crippen LogP contribution in [0.5, 0.6) is 0 Å². The lowest BCUT2D eigenvalue weighted by atomic mass is 10.0. The number of imidazole rings is 1. The van der Waals surface area contributed by atoms with Crippen molar-refractivity contribution in [2.75, 3.05) is 0 Å². The van der Waals surface area contributed by atoms with Gasteiger partial charge in [-0.15, -0.1) is 0 Å². The van der Waals surface area contributed by atoms with Crippen LogP contribution in [-0.4, -0.2) is 20.9 Å². The molecule has 5 heteroatoms. The van der Waals surface area contributed by atoms with Crippen molar-refractivity contribution < 1.29 is 4.79 Å². The summed E-state index contributed by atoms with van der Waals surface area (Å²) in [6.45, 7) is 6.23. The zero-order valence-corrected chi connectivity index (χ0v) is 10.5. The molecule has 2 aromatic rings. The maximum atomic E-state index is 11.1. The third-order valence-electron chi connectivity index (χ3n) is 2.80. The van der Waals surface area contributed by atoms with Gasteiger partial charge in [0.1, 0.15) is 10.7 Å². The molecular formula is C11H15N3OS. The van der Waals surface area contributed by atoms with Gasteiger partial charge in [-0.3, -0.25) is 4.79 Å². The number of nitrogens with zero attached hydrogens (tertiary/aromatic N) is 3. The van der Waals surface area contributed by atoms with E-state index in [1.807, 2.05) is 0 Å². The molecule has 0 spiro atoms. The lowest BCUT2D eigenvalue weighted by Gasteiger charge is -2.04. The Kier molecular flexibility index (Phi) is 3.05. The first-order chi connectivity index (χ1) is 7.71. The summed E-state index contributed by atoms with van der Waals surface area (Å²) in [6, 6.07) is 0. The van der Waals surface area contributed by atoms with E-state index in [-0.39, 0.29) is 0 Å². The number of aldehydes is 1. The van der Waals surface area contributed by atoms with Crippen LogP contribution in [0.15, 0.2) is 0 Å². The van der Waals surface area contributed by atoms with Crippen molar-refractivity contribution in [2.24, 2.45) is 0 Å². The topological polar surface area (TPSA) is 47.3 Å². The predicted octanol–water partition coefficient (Wildman–Crippen LogP) is 2.68. The van der Waals surface area contributed by atoms with E-state index >= 15 is 0 Å². The molecule has 0 aliphatic heterocycles. The molecule has 0 fully saturated rings. The van der Waals surface area contributed by atoms with E-state index < -0.39 is 0 Å². The Bertz CT molecular complexity index is 514. The zero-order chi connectivity index (χ0) is 11.7. The molecule has 0 aromatic carbocycles. The molecule has 0 saturated heterocycles. The average Bonchev–Trinajstić information content (AvgIpc) is 2.83. The van der Waals surface area contributed by atoms with Crippen molar-refractivity contribution in [3.63, 3.8) is 0 Å². The summed E-state index contributed by atoms with van der Waals surface area (Å²) in [5.41, 5.74) is 1.49. The molecule has 0 aliphatic carbocycles. The Hall–Kier alpha value is -1.23. The first-order valence-corrected chi connectivity index (χ1v) is 6.36. The van der Waals surface area contributed by atoms with E-state index in [0.717, 1.165) is 34.8 Å². The maximum Gasteiger partial charge on any atom is 0.213 e. The van der Waals surface area contributed by atoms with Crippen LogP contribution in [0.1, 0.15) is 54.3 Å². The quantitative estimate of drug-likeness (QED) is 0.768. The van der Waals surface area contributed by atoms with Gasteiger partial charge in [0.15, 0.2) is 6.29 Å². The monoisotopic (exact) mass is 237 g/mol. The number of hydrogen-bond acceptors (Lipinski definition) is 4. The fourth-order valence-corrected chi connectivity index (χ4v) is 2.48. The Labute approximate surface area is 98.3 Å². The van der Waals surface area contributed by atoms with Gasteiger partial charge >= 0.3 is 0 Å². The highest BCUT2D eigenvalue weighted by Crippen LogP contribution is 2.25. The number of rotatable bonds is 4. The van der Waals surface area contributed by atoms with Crippen LogP contribution in [0, 0.1) is 0 Å². The standard InChI is InChI=1S/C11H15N3OS/c1-4-7(3)10-8(6-15)14-11(12-10)16-9(5-2)13-14/h6-7H,4-5H2,1-3H3. The lowest BCUT2D eigenvalue weighted by Crippen LogP contribution is -2.00. The normalized spacial score (nSPS) is 13.2. The number of hydrogen-bond donors (Lipinski definition) is 0. The third-order valence-corrected chi connectivity index (χ3v) is 3.85. The fraction of sp³-hybridized carbons (Fsp3) is 0.545. The molecule has 1 unspecified atom stereocenters. The van der Waals surface area contributed by atoms with E-state index in [1.165, 1.54) is 0 Å². The van der Waals surface area contributed by atoms with Crippen molar-refractivity contribution >= 4 is 22.6 Å². The van der Waals surface area contributed by atoms with E-state index in [0.29, 0.717) is 11.6 Å². The third kappa shape index (κ3) is 1.65. The van der Waals surface area contributed by atoms with E-state index in [4.69, 9.17) is 0 Å². The minimum absolute atomic E-state index is 0.305. The number of carbonyl (C=O) groups is 1. The summed E-state index contributed by atoms with van der Waals surface area (Å²) < 4.78 is 1.68. The molecule has 4 nitrogen and oxygen atoms in total. The lowest BCUT2D eigenvalue weighted by molar-refractivity contribution is 0.111. The molecule has 2 heterocycles. The van der Waals surface area contributed by atoms with Gasteiger partial charge in [0, 0.05) is 5.92 Å². The van der Waals surface area contributed by atoms with Gasteiger partial charge in [-0.2, -0.15) is 9.61 Å². The number of aromatic nitrogens is 3. The number of aryl methyl sites for hydroxylation is 1. The molecule has 1 atom stereocenters. The molecule has 0 saturated carbocycles. The number of carbonyl (C=O) groups excluding carboxylic acids is 1. The molecule has 0 bridgehead atoms. The van der Waals surface area contributed by atoms with Crippen molar-refractivity contribution in [2.45, 2.75) is 39.5 Å². The number of fused-ring (bicyclic) bond motifs is 1. The van der Waals surface area contributed by atoms with Gasteiger partial charge in [-0.1, -0.05) is 32.1 Å². The second-order valence-corrected chi connectivity index (χ2v) is 4.89. The summed E-state index contributed by atoms with van der Waals surface area (Å²) >= 11 is 1.56. The van der Waals surface area contributed by atoms with Crippen LogP contribution in [0.3, 0.4) is 0 Å². The van der Waals surface area contributed by atoms with Crippen molar-refractivity contribution in [3.8, 4) is 0 Å². The molecule has 86 valence electrons. The second-order valence-electron chi connectivity index (χ2n) is 3.85. The molecule has 16 heavy (non-hydrogen) atoms. The van der Waals surface area contributed by atoms with Crippen molar-refractivity contribution in [3.05, 3.63) is 16.4 Å². The summed E-state index contributed by atoms with van der Waals surface area (Å²) in [6.07, 6.45) is 2.72. The summed E-state index contributed by atoms with van der Waals surface area (Å²) in [5.74, 6) is 0.305. The van der Waals surface area contributed by atoms with Gasteiger partial charge in [-0.25, -0.2) is 4.98 Å². The van der Waals surface area contributed by atoms with Gasteiger partial charge in [0.25, 0.3) is 0 Å². The molecule has 0 radical (unpaired) electrons. The Morgan fingerprint density at radius 2 is 2.25 bits per heavy atom. The highest BCUT2D eigenvalue weighted by molar-refractivity contribution is 7.16. The first-order valence-electron chi connectivity index (χ1n) is 5.54. The van der Waals surface area contributed by atoms with Gasteiger partial charge in [0.2, 0.25) is 4.96 Å². The highest BCUT2D eigenvalue weighted by Gasteiger charge is 2.18. The van der Waals surface area contributed by atoms with Crippen LogP contribution in [0.2, 0.25) is 0 Å². The summed E-state index contributed by atoms with van der Waals surface area (Å²) in [7, 11) is 0. The van der Waals surface area contributed by atoms with E-state index in [9.17, 15) is 4.79 Å². The van der Waals surface area contributed by atoms with Crippen molar-refractivity contribution in [1.29, 1.82) is 0 Å². The average molecular weight is 237 g/mol. The molecule has 2 rings (SSSR count). The SMILES string of the molecule is CCc1nn2c(C=O)c(C(C)CC)nc2s1. The fourth-order valence-electron chi connectivity index (χ4n) is 1.63. The van der Waals surface area contributed by atoms with Crippen LogP contribution in [0.25, 0.3) is 4.96 Å². The van der Waals surface area contributed by atoms with Crippen LogP contribution >= 0.6 is 11.3 Å². The van der Waals surface area contributed by atoms with Crippen LogP contribution in [0.4, 0.5) is 0 Å².